The summed E-state index contributed by atoms with van der Waals surface area (Å²) in [6.07, 6.45) is 10.2. The predicted molar refractivity (Wildman–Crippen MR) is 88.3 cm³/mol. The van der Waals surface area contributed by atoms with Gasteiger partial charge in [0.25, 0.3) is 0 Å². The summed E-state index contributed by atoms with van der Waals surface area (Å²) in [6.45, 7) is 0.714. The Morgan fingerprint density at radius 1 is 1.23 bits per heavy atom. The molecule has 0 spiro atoms. The van der Waals surface area contributed by atoms with Crippen LogP contribution < -0.4 is 0 Å². The number of ether oxygens (including phenoxy) is 1. The lowest BCUT2D eigenvalue weighted by atomic mass is 10.0. The molecule has 22 heavy (non-hydrogen) atoms. The Hall–Kier alpha value is -2.39. The van der Waals surface area contributed by atoms with Crippen molar-refractivity contribution >= 4 is 11.6 Å². The van der Waals surface area contributed by atoms with Crippen LogP contribution in [0, 0.1) is 0 Å². The SMILES string of the molecule is Oc1ccc(/C=C(/CC[C@@H]2C=CCO2)c2ccccn2)cc1. The van der Waals surface area contributed by atoms with Gasteiger partial charge in [-0.25, -0.2) is 0 Å². The first kappa shape index (κ1) is 14.5. The molecule has 2 heterocycles. The molecule has 1 N–H and O–H groups in total. The number of phenolic OH excluding ortho intramolecular Hbond substituents is 1. The van der Waals surface area contributed by atoms with Gasteiger partial charge in [0, 0.05) is 6.20 Å². The average Bonchev–Trinajstić information content (AvgIpc) is 3.07. The maximum atomic E-state index is 9.40. The Kier molecular flexibility index (Phi) is 4.66. The van der Waals surface area contributed by atoms with Crippen molar-refractivity contribution in [2.45, 2.75) is 18.9 Å². The summed E-state index contributed by atoms with van der Waals surface area (Å²) in [7, 11) is 0. The van der Waals surface area contributed by atoms with Crippen molar-refractivity contribution in [3.63, 3.8) is 0 Å². The van der Waals surface area contributed by atoms with E-state index in [9.17, 15) is 5.11 Å². The highest BCUT2D eigenvalue weighted by Gasteiger charge is 2.12. The minimum absolute atomic E-state index is 0.201. The van der Waals surface area contributed by atoms with Crippen molar-refractivity contribution in [2.24, 2.45) is 0 Å². The quantitative estimate of drug-likeness (QED) is 0.845. The van der Waals surface area contributed by atoms with Gasteiger partial charge in [-0.05, 0) is 54.3 Å². The van der Waals surface area contributed by atoms with E-state index in [1.165, 1.54) is 5.57 Å². The molecule has 0 fully saturated rings. The summed E-state index contributed by atoms with van der Waals surface area (Å²) < 4.78 is 5.61. The topological polar surface area (TPSA) is 42.4 Å². The van der Waals surface area contributed by atoms with Gasteiger partial charge in [0.1, 0.15) is 5.75 Å². The van der Waals surface area contributed by atoms with Crippen LogP contribution in [0.15, 0.2) is 60.8 Å². The first-order valence-electron chi connectivity index (χ1n) is 7.50. The molecule has 0 saturated heterocycles. The van der Waals surface area contributed by atoms with Gasteiger partial charge in [-0.3, -0.25) is 4.98 Å². The monoisotopic (exact) mass is 293 g/mol. The van der Waals surface area contributed by atoms with Crippen LogP contribution in [0.4, 0.5) is 0 Å². The largest absolute Gasteiger partial charge is 0.508 e. The van der Waals surface area contributed by atoms with Gasteiger partial charge in [-0.1, -0.05) is 30.4 Å². The van der Waals surface area contributed by atoms with Gasteiger partial charge in [0.2, 0.25) is 0 Å². The lowest BCUT2D eigenvalue weighted by Crippen LogP contribution is -2.04. The number of nitrogens with zero attached hydrogens (tertiary/aromatic N) is 1. The highest BCUT2D eigenvalue weighted by molar-refractivity contribution is 5.80. The third-order valence-electron chi connectivity index (χ3n) is 3.68. The molecule has 2 aromatic rings. The fraction of sp³-hybridized carbons (Fsp3) is 0.211. The van der Waals surface area contributed by atoms with E-state index in [-0.39, 0.29) is 11.9 Å². The fourth-order valence-electron chi connectivity index (χ4n) is 2.52. The summed E-state index contributed by atoms with van der Waals surface area (Å²) in [5, 5.41) is 9.40. The standard InChI is InChI=1S/C19H19NO2/c21-17-9-6-15(7-10-17)14-16(19-5-1-2-12-20-19)8-11-18-4-3-13-22-18/h1-7,9-10,12,14,18,21H,8,11,13H2/b16-14-/t18-/m0/s1. The molecule has 1 aromatic carbocycles. The van der Waals surface area contributed by atoms with Crippen LogP contribution in [0.3, 0.4) is 0 Å². The Morgan fingerprint density at radius 3 is 2.77 bits per heavy atom. The third-order valence-corrected chi connectivity index (χ3v) is 3.68. The molecule has 1 aromatic heterocycles. The Labute approximate surface area is 130 Å². The van der Waals surface area contributed by atoms with Gasteiger partial charge >= 0.3 is 0 Å². The van der Waals surface area contributed by atoms with Crippen LogP contribution in [-0.2, 0) is 4.74 Å². The second-order valence-corrected chi connectivity index (χ2v) is 5.31. The Morgan fingerprint density at radius 2 is 2.09 bits per heavy atom. The number of aromatic nitrogens is 1. The minimum atomic E-state index is 0.201. The number of phenols is 1. The summed E-state index contributed by atoms with van der Waals surface area (Å²) in [5.41, 5.74) is 3.22. The summed E-state index contributed by atoms with van der Waals surface area (Å²) in [6, 6.07) is 13.2. The van der Waals surface area contributed by atoms with Crippen LogP contribution in [0.5, 0.6) is 5.75 Å². The Balaban J connectivity index is 1.81. The lowest BCUT2D eigenvalue weighted by Gasteiger charge is -2.11. The maximum Gasteiger partial charge on any atom is 0.115 e. The van der Waals surface area contributed by atoms with Crippen LogP contribution in [0.1, 0.15) is 24.1 Å². The van der Waals surface area contributed by atoms with Crippen molar-refractivity contribution in [3.05, 3.63) is 72.1 Å². The number of pyridine rings is 1. The zero-order valence-electron chi connectivity index (χ0n) is 12.4. The predicted octanol–water partition coefficient (Wildman–Crippen LogP) is 4.06. The summed E-state index contributed by atoms with van der Waals surface area (Å²) >= 11 is 0. The first-order valence-corrected chi connectivity index (χ1v) is 7.50. The molecule has 0 unspecified atom stereocenters. The van der Waals surface area contributed by atoms with Crippen LogP contribution in [0.25, 0.3) is 11.6 Å². The van der Waals surface area contributed by atoms with Gasteiger partial charge in [0.05, 0.1) is 18.4 Å². The van der Waals surface area contributed by atoms with E-state index < -0.39 is 0 Å². The number of benzene rings is 1. The normalized spacial score (nSPS) is 17.8. The Bertz CT molecular complexity index is 660. The van der Waals surface area contributed by atoms with E-state index in [1.54, 1.807) is 12.1 Å². The van der Waals surface area contributed by atoms with E-state index in [4.69, 9.17) is 4.74 Å². The van der Waals surface area contributed by atoms with Crippen molar-refractivity contribution in [2.75, 3.05) is 6.61 Å². The average molecular weight is 293 g/mol. The smallest absolute Gasteiger partial charge is 0.115 e. The van der Waals surface area contributed by atoms with E-state index in [2.05, 4.69) is 23.2 Å². The molecule has 3 nitrogen and oxygen atoms in total. The van der Waals surface area contributed by atoms with Gasteiger partial charge in [-0.15, -0.1) is 0 Å². The maximum absolute atomic E-state index is 9.40. The molecule has 0 saturated carbocycles. The van der Waals surface area contributed by atoms with Crippen LogP contribution >= 0.6 is 0 Å². The lowest BCUT2D eigenvalue weighted by molar-refractivity contribution is 0.123. The molecular formula is C19H19NO2. The van der Waals surface area contributed by atoms with E-state index in [0.29, 0.717) is 6.61 Å². The van der Waals surface area contributed by atoms with Crippen LogP contribution in [-0.4, -0.2) is 22.8 Å². The molecule has 0 radical (unpaired) electrons. The number of hydrogen-bond donors (Lipinski definition) is 1. The number of allylic oxidation sites excluding steroid dienone is 1. The summed E-state index contributed by atoms with van der Waals surface area (Å²) in [4.78, 5) is 4.46. The molecule has 3 rings (SSSR count). The number of rotatable bonds is 5. The molecule has 1 atom stereocenters. The van der Waals surface area contributed by atoms with E-state index in [0.717, 1.165) is 24.1 Å². The van der Waals surface area contributed by atoms with E-state index in [1.807, 2.05) is 36.5 Å². The van der Waals surface area contributed by atoms with Crippen molar-refractivity contribution in [1.82, 2.24) is 4.98 Å². The molecule has 0 aliphatic carbocycles. The van der Waals surface area contributed by atoms with E-state index >= 15 is 0 Å². The first-order chi connectivity index (χ1) is 10.8. The zero-order valence-corrected chi connectivity index (χ0v) is 12.4. The molecule has 1 aliphatic heterocycles. The molecule has 112 valence electrons. The van der Waals surface area contributed by atoms with Crippen molar-refractivity contribution in [3.8, 4) is 5.75 Å². The second-order valence-electron chi connectivity index (χ2n) is 5.31. The number of aromatic hydroxyl groups is 1. The number of hydrogen-bond acceptors (Lipinski definition) is 3. The van der Waals surface area contributed by atoms with Gasteiger partial charge in [-0.2, -0.15) is 0 Å². The van der Waals surface area contributed by atoms with Gasteiger partial charge < -0.3 is 9.84 Å². The molecular weight excluding hydrogens is 274 g/mol. The second kappa shape index (κ2) is 7.05. The highest BCUT2D eigenvalue weighted by atomic mass is 16.5. The third kappa shape index (κ3) is 3.83. The van der Waals surface area contributed by atoms with Crippen molar-refractivity contribution < 1.29 is 9.84 Å². The molecule has 0 bridgehead atoms. The zero-order chi connectivity index (χ0) is 15.2. The van der Waals surface area contributed by atoms with Gasteiger partial charge in [0.15, 0.2) is 0 Å². The molecule has 1 aliphatic rings. The molecule has 3 heteroatoms. The fourth-order valence-corrected chi connectivity index (χ4v) is 2.52. The molecule has 0 amide bonds. The van der Waals surface area contributed by atoms with Crippen LogP contribution in [0.2, 0.25) is 0 Å². The highest BCUT2D eigenvalue weighted by Crippen LogP contribution is 2.24. The van der Waals surface area contributed by atoms with Crippen molar-refractivity contribution in [1.29, 1.82) is 0 Å². The minimum Gasteiger partial charge on any atom is -0.508 e. The summed E-state index contributed by atoms with van der Waals surface area (Å²) in [5.74, 6) is 0.279.